The third kappa shape index (κ3) is 5.29. The van der Waals surface area contributed by atoms with Gasteiger partial charge >= 0.3 is 6.36 Å². The van der Waals surface area contributed by atoms with Gasteiger partial charge in [-0.2, -0.15) is 0 Å². The zero-order valence-electron chi connectivity index (χ0n) is 14.1. The Labute approximate surface area is 149 Å². The molecular weight excluding hydrogens is 371 g/mol. The van der Waals surface area contributed by atoms with Crippen LogP contribution in [-0.2, 0) is 9.84 Å². The van der Waals surface area contributed by atoms with Crippen molar-refractivity contribution >= 4 is 15.5 Å². The van der Waals surface area contributed by atoms with Gasteiger partial charge in [-0.05, 0) is 36.2 Å². The number of anilines is 1. The largest absolute Gasteiger partial charge is 0.573 e. The van der Waals surface area contributed by atoms with E-state index in [1.54, 1.807) is 0 Å². The van der Waals surface area contributed by atoms with Gasteiger partial charge < -0.3 is 15.2 Å². The van der Waals surface area contributed by atoms with E-state index >= 15 is 0 Å². The molecule has 0 fully saturated rings. The van der Waals surface area contributed by atoms with Crippen LogP contribution >= 0.6 is 0 Å². The average Bonchev–Trinajstić information content (AvgIpc) is 2.51. The predicted octanol–water partition coefficient (Wildman–Crippen LogP) is 4.04. The molecule has 0 heterocycles. The Hall–Kier alpha value is -2.42. The second-order valence-corrected chi connectivity index (χ2v) is 7.92. The van der Waals surface area contributed by atoms with Gasteiger partial charge in [0.15, 0.2) is 0 Å². The van der Waals surface area contributed by atoms with E-state index < -0.39 is 21.9 Å². The third-order valence-corrected chi connectivity index (χ3v) is 4.88. The number of sulfone groups is 1. The monoisotopic (exact) mass is 389 g/mol. The molecule has 2 aromatic rings. The summed E-state index contributed by atoms with van der Waals surface area (Å²) in [6.45, 7) is 4.21. The summed E-state index contributed by atoms with van der Waals surface area (Å²) in [6.07, 6.45) is -4.92. The highest BCUT2D eigenvalue weighted by Gasteiger charge is 2.31. The lowest BCUT2D eigenvalue weighted by atomic mass is 10.2. The summed E-state index contributed by atoms with van der Waals surface area (Å²) in [4.78, 5) is -0.528. The fraction of sp³-hybridized carbons (Fsp3) is 0.294. The fourth-order valence-electron chi connectivity index (χ4n) is 2.07. The number of nitrogens with two attached hydrogens (primary N) is 1. The molecule has 2 aromatic carbocycles. The molecule has 0 atom stereocenters. The first-order valence-electron chi connectivity index (χ1n) is 7.61. The van der Waals surface area contributed by atoms with Gasteiger partial charge in [-0.25, -0.2) is 8.42 Å². The van der Waals surface area contributed by atoms with E-state index in [0.29, 0.717) is 6.61 Å². The van der Waals surface area contributed by atoms with Crippen molar-refractivity contribution < 1.29 is 31.1 Å². The number of hydrogen-bond acceptors (Lipinski definition) is 5. The lowest BCUT2D eigenvalue weighted by Gasteiger charge is -2.13. The summed E-state index contributed by atoms with van der Waals surface area (Å²) in [5.74, 6) is -0.147. The first kappa shape index (κ1) is 19.9. The van der Waals surface area contributed by atoms with Crippen LogP contribution in [0.4, 0.5) is 18.9 Å². The Kier molecular flexibility index (Phi) is 5.70. The molecule has 0 spiro atoms. The second-order valence-electron chi connectivity index (χ2n) is 5.97. The molecule has 0 unspecified atom stereocenters. The molecule has 0 saturated carbocycles. The first-order chi connectivity index (χ1) is 12.0. The van der Waals surface area contributed by atoms with Crippen LogP contribution in [-0.4, -0.2) is 21.4 Å². The topological polar surface area (TPSA) is 78.6 Å². The molecule has 0 aliphatic heterocycles. The van der Waals surface area contributed by atoms with Crippen molar-refractivity contribution in [2.75, 3.05) is 12.3 Å². The molecular formula is C17H18F3NO4S. The Morgan fingerprint density at radius 1 is 1.04 bits per heavy atom. The van der Waals surface area contributed by atoms with Crippen LogP contribution in [0.25, 0.3) is 0 Å². The maximum atomic E-state index is 12.7. The number of nitrogen functional groups attached to an aromatic ring is 1. The molecule has 2 rings (SSSR count). The van der Waals surface area contributed by atoms with Crippen molar-refractivity contribution in [1.29, 1.82) is 0 Å². The van der Waals surface area contributed by atoms with E-state index in [4.69, 9.17) is 10.5 Å². The highest BCUT2D eigenvalue weighted by atomic mass is 32.2. The van der Waals surface area contributed by atoms with Crippen molar-refractivity contribution in [3.8, 4) is 11.5 Å². The van der Waals surface area contributed by atoms with Gasteiger partial charge in [-0.3, -0.25) is 0 Å². The van der Waals surface area contributed by atoms with E-state index in [1.807, 2.05) is 13.8 Å². The fourth-order valence-corrected chi connectivity index (χ4v) is 3.43. The van der Waals surface area contributed by atoms with Crippen molar-refractivity contribution in [2.45, 2.75) is 30.0 Å². The summed E-state index contributed by atoms with van der Waals surface area (Å²) in [5.41, 5.74) is 5.90. The summed E-state index contributed by atoms with van der Waals surface area (Å²) < 4.78 is 71.8. The van der Waals surface area contributed by atoms with Crippen LogP contribution in [0.15, 0.2) is 52.3 Å². The molecule has 0 radical (unpaired) electrons. The average molecular weight is 389 g/mol. The highest BCUT2D eigenvalue weighted by Crippen LogP contribution is 2.30. The van der Waals surface area contributed by atoms with Gasteiger partial charge in [0.05, 0.1) is 16.4 Å². The molecule has 26 heavy (non-hydrogen) atoms. The van der Waals surface area contributed by atoms with E-state index in [-0.39, 0.29) is 27.1 Å². The van der Waals surface area contributed by atoms with E-state index in [0.717, 1.165) is 18.2 Å². The van der Waals surface area contributed by atoms with Gasteiger partial charge in [-0.15, -0.1) is 13.2 Å². The molecule has 0 amide bonds. The summed E-state index contributed by atoms with van der Waals surface area (Å²) in [7, 11) is -4.11. The van der Waals surface area contributed by atoms with Crippen LogP contribution in [0, 0.1) is 5.92 Å². The molecule has 2 N–H and O–H groups in total. The smallest absolute Gasteiger partial charge is 0.493 e. The van der Waals surface area contributed by atoms with Crippen molar-refractivity contribution in [1.82, 2.24) is 0 Å². The summed E-state index contributed by atoms with van der Waals surface area (Å²) >= 11 is 0. The molecule has 142 valence electrons. The Morgan fingerprint density at radius 2 is 1.69 bits per heavy atom. The van der Waals surface area contributed by atoms with Crippen LogP contribution in [0.5, 0.6) is 11.5 Å². The Morgan fingerprint density at radius 3 is 2.31 bits per heavy atom. The number of ether oxygens (including phenoxy) is 2. The third-order valence-electron chi connectivity index (χ3n) is 3.15. The van der Waals surface area contributed by atoms with Crippen LogP contribution < -0.4 is 15.2 Å². The lowest BCUT2D eigenvalue weighted by Crippen LogP contribution is -2.17. The minimum absolute atomic E-state index is 0.160. The maximum Gasteiger partial charge on any atom is 0.573 e. The van der Waals surface area contributed by atoms with Gasteiger partial charge in [-0.1, -0.05) is 19.9 Å². The number of halogens is 3. The minimum atomic E-state index is -4.92. The molecule has 0 bridgehead atoms. The van der Waals surface area contributed by atoms with Crippen molar-refractivity contribution in [3.05, 3.63) is 42.5 Å². The zero-order valence-corrected chi connectivity index (χ0v) is 14.9. The Balaban J connectivity index is 2.40. The minimum Gasteiger partial charge on any atom is -0.493 e. The maximum absolute atomic E-state index is 12.7. The lowest BCUT2D eigenvalue weighted by molar-refractivity contribution is -0.274. The summed E-state index contributed by atoms with van der Waals surface area (Å²) in [5, 5.41) is 0. The van der Waals surface area contributed by atoms with Gasteiger partial charge in [0.25, 0.3) is 0 Å². The van der Waals surface area contributed by atoms with Gasteiger partial charge in [0.1, 0.15) is 11.5 Å². The molecule has 0 saturated heterocycles. The quantitative estimate of drug-likeness (QED) is 0.755. The van der Waals surface area contributed by atoms with E-state index in [2.05, 4.69) is 4.74 Å². The predicted molar refractivity (Wildman–Crippen MR) is 89.8 cm³/mol. The molecule has 9 heteroatoms. The second kappa shape index (κ2) is 7.45. The first-order valence-corrected chi connectivity index (χ1v) is 9.10. The van der Waals surface area contributed by atoms with Crippen molar-refractivity contribution in [3.63, 3.8) is 0 Å². The normalized spacial score (nSPS) is 12.2. The molecule has 0 aliphatic carbocycles. The van der Waals surface area contributed by atoms with Crippen molar-refractivity contribution in [2.24, 2.45) is 5.92 Å². The highest BCUT2D eigenvalue weighted by molar-refractivity contribution is 7.91. The summed E-state index contributed by atoms with van der Waals surface area (Å²) in [6, 6.07) is 8.14. The van der Waals surface area contributed by atoms with Crippen LogP contribution in [0.1, 0.15) is 13.8 Å². The van der Waals surface area contributed by atoms with Crippen LogP contribution in [0.2, 0.25) is 0 Å². The van der Waals surface area contributed by atoms with Gasteiger partial charge in [0.2, 0.25) is 9.84 Å². The Bertz CT molecular complexity index is 880. The molecule has 0 aromatic heterocycles. The standard InChI is InChI=1S/C17H18F3NO4S/c1-11(2)10-24-14-6-12(21)7-16(9-14)26(22,23)15-5-3-4-13(8-15)25-17(18,19)20/h3-9,11H,10,21H2,1-2H3. The number of benzene rings is 2. The number of hydrogen-bond donors (Lipinski definition) is 1. The molecule has 5 nitrogen and oxygen atoms in total. The SMILES string of the molecule is CC(C)COc1cc(N)cc(S(=O)(=O)c2cccc(OC(F)(F)F)c2)c1. The van der Waals surface area contributed by atoms with E-state index in [1.165, 1.54) is 24.3 Å². The van der Waals surface area contributed by atoms with E-state index in [9.17, 15) is 21.6 Å². The van der Waals surface area contributed by atoms with Gasteiger partial charge in [0, 0.05) is 11.8 Å². The molecule has 0 aliphatic rings. The number of alkyl halides is 3. The zero-order chi connectivity index (χ0) is 19.5. The van der Waals surface area contributed by atoms with Crippen LogP contribution in [0.3, 0.4) is 0 Å². The number of rotatable bonds is 6.